The molecule has 2 aliphatic rings. The second-order valence-corrected chi connectivity index (χ2v) is 9.34. The van der Waals surface area contributed by atoms with Crippen LogP contribution in [0.5, 0.6) is 11.5 Å². The Labute approximate surface area is 198 Å². The molecule has 0 aromatic heterocycles. The zero-order valence-electron chi connectivity index (χ0n) is 18.7. The molecule has 5 nitrogen and oxygen atoms in total. The molecule has 3 aromatic rings. The predicted molar refractivity (Wildman–Crippen MR) is 131 cm³/mol. The molecule has 0 spiro atoms. The number of halogens is 1. The standard InChI is InChI=1S/C27H25ClN2O3/c1-17-5-11-24-22(15-17)30(2)25(31)21-16-20(10-12-23(21)33-24)29-26(32)27(13-3-4-14-27)18-6-8-19(28)9-7-18/h5-12,15-16H,3-4,13-14H2,1-2H3,(H,29,32). The van der Waals surface area contributed by atoms with Crippen LogP contribution < -0.4 is 15.0 Å². The molecule has 0 bridgehead atoms. The van der Waals surface area contributed by atoms with E-state index in [-0.39, 0.29) is 11.8 Å². The summed E-state index contributed by atoms with van der Waals surface area (Å²) in [7, 11) is 1.73. The van der Waals surface area contributed by atoms with Crippen molar-refractivity contribution in [3.8, 4) is 11.5 Å². The van der Waals surface area contributed by atoms with Gasteiger partial charge < -0.3 is 15.0 Å². The van der Waals surface area contributed by atoms with Crippen LogP contribution in [-0.4, -0.2) is 18.9 Å². The summed E-state index contributed by atoms with van der Waals surface area (Å²) in [5.41, 5.74) is 3.13. The number of carbonyl (C=O) groups is 2. The van der Waals surface area contributed by atoms with Crippen LogP contribution in [0.3, 0.4) is 0 Å². The van der Waals surface area contributed by atoms with Gasteiger partial charge in [-0.2, -0.15) is 0 Å². The van der Waals surface area contributed by atoms with E-state index < -0.39 is 5.41 Å². The predicted octanol–water partition coefficient (Wildman–Crippen LogP) is 6.48. The third-order valence-electron chi connectivity index (χ3n) is 6.76. The molecule has 1 aliphatic heterocycles. The zero-order chi connectivity index (χ0) is 23.2. The van der Waals surface area contributed by atoms with Gasteiger partial charge in [0.05, 0.1) is 16.7 Å². The van der Waals surface area contributed by atoms with Gasteiger partial charge in [-0.05, 0) is 73.4 Å². The van der Waals surface area contributed by atoms with Crippen molar-refractivity contribution in [3.05, 3.63) is 82.4 Å². The van der Waals surface area contributed by atoms with E-state index in [4.69, 9.17) is 16.3 Å². The fourth-order valence-electron chi connectivity index (χ4n) is 4.89. The van der Waals surface area contributed by atoms with Crippen molar-refractivity contribution in [2.45, 2.75) is 38.0 Å². The van der Waals surface area contributed by atoms with Gasteiger partial charge in [0.2, 0.25) is 5.91 Å². The van der Waals surface area contributed by atoms with Gasteiger partial charge in [0.25, 0.3) is 5.91 Å². The van der Waals surface area contributed by atoms with Gasteiger partial charge in [0.15, 0.2) is 5.75 Å². The fourth-order valence-corrected chi connectivity index (χ4v) is 5.02. The summed E-state index contributed by atoms with van der Waals surface area (Å²) < 4.78 is 6.07. The molecule has 2 amide bonds. The highest BCUT2D eigenvalue weighted by molar-refractivity contribution is 6.30. The first-order chi connectivity index (χ1) is 15.9. The maximum atomic E-state index is 13.5. The number of hydrogen-bond donors (Lipinski definition) is 1. The molecule has 3 aromatic carbocycles. The van der Waals surface area contributed by atoms with E-state index in [0.29, 0.717) is 27.8 Å². The molecule has 1 N–H and O–H groups in total. The lowest BCUT2D eigenvalue weighted by Gasteiger charge is -2.28. The Morgan fingerprint density at radius 3 is 2.42 bits per heavy atom. The highest BCUT2D eigenvalue weighted by Crippen LogP contribution is 2.43. The van der Waals surface area contributed by atoms with Gasteiger partial charge >= 0.3 is 0 Å². The lowest BCUT2D eigenvalue weighted by atomic mass is 9.78. The van der Waals surface area contributed by atoms with Gasteiger partial charge in [0.1, 0.15) is 5.75 Å². The Balaban J connectivity index is 1.46. The molecule has 0 saturated heterocycles. The lowest BCUT2D eigenvalue weighted by Crippen LogP contribution is -2.38. The Bertz CT molecular complexity index is 1250. The van der Waals surface area contributed by atoms with E-state index in [2.05, 4.69) is 5.32 Å². The maximum Gasteiger partial charge on any atom is 0.261 e. The van der Waals surface area contributed by atoms with E-state index in [9.17, 15) is 9.59 Å². The second-order valence-electron chi connectivity index (χ2n) is 8.90. The summed E-state index contributed by atoms with van der Waals surface area (Å²) in [6, 6.07) is 18.5. The number of benzene rings is 3. The quantitative estimate of drug-likeness (QED) is 0.486. The first kappa shape index (κ1) is 21.5. The van der Waals surface area contributed by atoms with Crippen LogP contribution in [0.2, 0.25) is 5.02 Å². The number of anilines is 2. The Morgan fingerprint density at radius 1 is 1.00 bits per heavy atom. The van der Waals surface area contributed by atoms with Crippen LogP contribution in [-0.2, 0) is 10.2 Å². The molecule has 0 atom stereocenters. The molecule has 5 rings (SSSR count). The van der Waals surface area contributed by atoms with Gasteiger partial charge in [-0.25, -0.2) is 0 Å². The molecule has 168 valence electrons. The number of carbonyl (C=O) groups excluding carboxylic acids is 2. The van der Waals surface area contributed by atoms with Gasteiger partial charge in [-0.1, -0.05) is 42.6 Å². The molecular weight excluding hydrogens is 436 g/mol. The van der Waals surface area contributed by atoms with E-state index >= 15 is 0 Å². The minimum Gasteiger partial charge on any atom is -0.454 e. The Kier molecular flexibility index (Phi) is 5.37. The van der Waals surface area contributed by atoms with Crippen molar-refractivity contribution < 1.29 is 14.3 Å². The monoisotopic (exact) mass is 460 g/mol. The van der Waals surface area contributed by atoms with E-state index in [1.54, 1.807) is 30.1 Å². The number of aryl methyl sites for hydroxylation is 1. The third kappa shape index (κ3) is 3.76. The lowest BCUT2D eigenvalue weighted by molar-refractivity contribution is -0.121. The summed E-state index contributed by atoms with van der Waals surface area (Å²) in [6.07, 6.45) is 3.56. The molecule has 1 fully saturated rings. The Morgan fingerprint density at radius 2 is 1.70 bits per heavy atom. The van der Waals surface area contributed by atoms with Crippen LogP contribution in [0.4, 0.5) is 11.4 Å². The van der Waals surface area contributed by atoms with Crippen LogP contribution in [0, 0.1) is 6.92 Å². The Hall–Kier alpha value is -3.31. The maximum absolute atomic E-state index is 13.5. The molecule has 1 saturated carbocycles. The summed E-state index contributed by atoms with van der Waals surface area (Å²) in [6.45, 7) is 1.98. The van der Waals surface area contributed by atoms with Gasteiger partial charge in [-0.15, -0.1) is 0 Å². The topological polar surface area (TPSA) is 58.6 Å². The van der Waals surface area contributed by atoms with Crippen LogP contribution in [0.15, 0.2) is 60.7 Å². The highest BCUT2D eigenvalue weighted by Gasteiger charge is 2.42. The highest BCUT2D eigenvalue weighted by atomic mass is 35.5. The second kappa shape index (κ2) is 8.23. The largest absolute Gasteiger partial charge is 0.454 e. The van der Waals surface area contributed by atoms with Crippen molar-refractivity contribution in [1.82, 2.24) is 0 Å². The van der Waals surface area contributed by atoms with Crippen LogP contribution >= 0.6 is 11.6 Å². The SMILES string of the molecule is Cc1ccc2c(c1)N(C)C(=O)c1cc(NC(=O)C3(c4ccc(Cl)cc4)CCCC3)ccc1O2. The minimum atomic E-state index is -0.595. The number of ether oxygens (including phenoxy) is 1. The zero-order valence-corrected chi connectivity index (χ0v) is 19.4. The number of rotatable bonds is 3. The summed E-state index contributed by atoms with van der Waals surface area (Å²) in [4.78, 5) is 28.4. The normalized spacial score (nSPS) is 16.5. The molecule has 0 radical (unpaired) electrons. The van der Waals surface area contributed by atoms with Gasteiger partial charge in [-0.3, -0.25) is 9.59 Å². The van der Waals surface area contributed by atoms with E-state index in [0.717, 1.165) is 42.5 Å². The van der Waals surface area contributed by atoms with Crippen molar-refractivity contribution in [2.75, 3.05) is 17.3 Å². The summed E-state index contributed by atoms with van der Waals surface area (Å²) in [5, 5.41) is 3.73. The average Bonchev–Trinajstić information content (AvgIpc) is 3.28. The first-order valence-electron chi connectivity index (χ1n) is 11.2. The van der Waals surface area contributed by atoms with E-state index in [1.165, 1.54) is 0 Å². The van der Waals surface area contributed by atoms with Crippen molar-refractivity contribution in [1.29, 1.82) is 0 Å². The van der Waals surface area contributed by atoms with Gasteiger partial charge in [0, 0.05) is 17.8 Å². The average molecular weight is 461 g/mol. The number of nitrogens with one attached hydrogen (secondary N) is 1. The summed E-state index contributed by atoms with van der Waals surface area (Å²) in [5.74, 6) is 0.857. The van der Waals surface area contributed by atoms with Crippen molar-refractivity contribution in [2.24, 2.45) is 0 Å². The molecule has 0 unspecified atom stereocenters. The molecule has 1 heterocycles. The first-order valence-corrected chi connectivity index (χ1v) is 11.5. The molecule has 1 aliphatic carbocycles. The molecule has 33 heavy (non-hydrogen) atoms. The molecular formula is C27H25ClN2O3. The van der Waals surface area contributed by atoms with Crippen LogP contribution in [0.25, 0.3) is 0 Å². The van der Waals surface area contributed by atoms with E-state index in [1.807, 2.05) is 49.4 Å². The number of fused-ring (bicyclic) bond motifs is 2. The van der Waals surface area contributed by atoms with Crippen LogP contribution in [0.1, 0.15) is 47.2 Å². The summed E-state index contributed by atoms with van der Waals surface area (Å²) >= 11 is 6.07. The number of hydrogen-bond acceptors (Lipinski definition) is 3. The fraction of sp³-hybridized carbons (Fsp3) is 0.259. The third-order valence-corrected chi connectivity index (χ3v) is 7.01. The number of amides is 2. The molecule has 6 heteroatoms. The van der Waals surface area contributed by atoms with Crippen molar-refractivity contribution in [3.63, 3.8) is 0 Å². The van der Waals surface area contributed by atoms with Crippen molar-refractivity contribution >= 4 is 34.8 Å². The smallest absolute Gasteiger partial charge is 0.261 e. The minimum absolute atomic E-state index is 0.0588. The number of nitrogens with zero attached hydrogens (tertiary/aromatic N) is 1.